The minimum atomic E-state index is -3.85. The van der Waals surface area contributed by atoms with Gasteiger partial charge in [-0.1, -0.05) is 52.2 Å². The van der Waals surface area contributed by atoms with Crippen molar-refractivity contribution in [1.82, 2.24) is 4.90 Å². The summed E-state index contributed by atoms with van der Waals surface area (Å²) >= 11 is 0. The van der Waals surface area contributed by atoms with Crippen LogP contribution in [0.1, 0.15) is 72.3 Å². The van der Waals surface area contributed by atoms with Crippen LogP contribution in [0.25, 0.3) is 0 Å². The first-order valence-corrected chi connectivity index (χ1v) is 13.2. The van der Waals surface area contributed by atoms with Crippen LogP contribution in [0, 0.1) is 5.92 Å². The monoisotopic (exact) mass is 452 g/mol. The van der Waals surface area contributed by atoms with Crippen molar-refractivity contribution in [3.8, 4) is 0 Å². The molecule has 1 fully saturated rings. The van der Waals surface area contributed by atoms with E-state index < -0.39 is 21.2 Å². The third kappa shape index (κ3) is 6.69. The highest BCUT2D eigenvalue weighted by Crippen LogP contribution is 2.39. The quantitative estimate of drug-likeness (QED) is 0.393. The van der Waals surface area contributed by atoms with Gasteiger partial charge < -0.3 is 9.64 Å². The lowest BCUT2D eigenvalue weighted by atomic mass is 9.68. The summed E-state index contributed by atoms with van der Waals surface area (Å²) in [5.41, 5.74) is 1.76. The zero-order valence-electron chi connectivity index (χ0n) is 19.8. The molecular formula is C24H40N2O4S. The predicted molar refractivity (Wildman–Crippen MR) is 127 cm³/mol. The highest BCUT2D eigenvalue weighted by molar-refractivity contribution is 7.94. The molecule has 1 aliphatic heterocycles. The van der Waals surface area contributed by atoms with E-state index in [1.807, 2.05) is 12.1 Å². The summed E-state index contributed by atoms with van der Waals surface area (Å²) in [5, 5.41) is -1.26. The highest BCUT2D eigenvalue weighted by atomic mass is 32.2. The number of sulfonamides is 1. The molecule has 1 saturated heterocycles. The molecule has 3 atom stereocenters. The topological polar surface area (TPSA) is 75.7 Å². The number of nitrogens with zero attached hydrogens (tertiary/aromatic N) is 1. The molecule has 1 heterocycles. The average Bonchev–Trinajstić information content (AvgIpc) is 2.73. The van der Waals surface area contributed by atoms with Crippen molar-refractivity contribution >= 4 is 21.7 Å². The molecular weight excluding hydrogens is 412 g/mol. The molecule has 0 amide bonds. The minimum Gasteiger partial charge on any atom is -0.465 e. The van der Waals surface area contributed by atoms with Crippen LogP contribution in [0.5, 0.6) is 0 Å². The third-order valence-corrected chi connectivity index (χ3v) is 8.43. The van der Waals surface area contributed by atoms with Gasteiger partial charge in [0.05, 0.1) is 6.61 Å². The first kappa shape index (κ1) is 25.7. The lowest BCUT2D eigenvalue weighted by Gasteiger charge is -2.45. The van der Waals surface area contributed by atoms with Crippen LogP contribution in [0.15, 0.2) is 24.3 Å². The van der Waals surface area contributed by atoms with E-state index in [9.17, 15) is 13.2 Å². The Labute approximate surface area is 188 Å². The van der Waals surface area contributed by atoms with Crippen LogP contribution in [0.4, 0.5) is 5.69 Å². The van der Waals surface area contributed by atoms with E-state index in [0.29, 0.717) is 11.6 Å². The van der Waals surface area contributed by atoms with Gasteiger partial charge >= 0.3 is 5.97 Å². The molecule has 2 rings (SSSR count). The number of likely N-dealkylation sites (tertiary alicyclic amines) is 1. The molecule has 3 unspecified atom stereocenters. The number of ether oxygens (including phenoxy) is 1. The van der Waals surface area contributed by atoms with Gasteiger partial charge in [-0.15, -0.1) is 0 Å². The number of unbranched alkanes of at least 4 members (excludes halogenated alkanes) is 3. The van der Waals surface area contributed by atoms with Crippen LogP contribution < -0.4 is 4.72 Å². The van der Waals surface area contributed by atoms with Crippen molar-refractivity contribution in [3.63, 3.8) is 0 Å². The zero-order valence-corrected chi connectivity index (χ0v) is 20.6. The molecule has 1 N–H and O–H groups in total. The van der Waals surface area contributed by atoms with E-state index in [1.54, 1.807) is 19.1 Å². The Kier molecular flexibility index (Phi) is 9.37. The standard InChI is InChI=1S/C24H40N2O4S/c1-6-8-9-10-16-26-17-15-24(5,19(3)18-26)21-11-13-22(14-12-21)25-31(28,29)20(4)23(27)30-7-2/h11-14,19-20,25H,6-10,15-18H2,1-5H3. The molecule has 31 heavy (non-hydrogen) atoms. The molecule has 1 aliphatic rings. The Hall–Kier alpha value is -1.60. The van der Waals surface area contributed by atoms with Gasteiger partial charge in [0.1, 0.15) is 0 Å². The van der Waals surface area contributed by atoms with Crippen LogP contribution >= 0.6 is 0 Å². The molecule has 176 valence electrons. The lowest BCUT2D eigenvalue weighted by molar-refractivity contribution is -0.142. The maximum Gasteiger partial charge on any atom is 0.325 e. The van der Waals surface area contributed by atoms with E-state index in [1.165, 1.54) is 44.7 Å². The van der Waals surface area contributed by atoms with Gasteiger partial charge in [-0.05, 0) is 68.8 Å². The number of nitrogens with one attached hydrogen (secondary N) is 1. The summed E-state index contributed by atoms with van der Waals surface area (Å²) in [6.07, 6.45) is 6.26. The van der Waals surface area contributed by atoms with Crippen LogP contribution in [0.3, 0.4) is 0 Å². The second kappa shape index (κ2) is 11.3. The van der Waals surface area contributed by atoms with Gasteiger partial charge in [-0.25, -0.2) is 8.42 Å². The van der Waals surface area contributed by atoms with Gasteiger partial charge in [-0.2, -0.15) is 0 Å². The highest BCUT2D eigenvalue weighted by Gasteiger charge is 2.38. The van der Waals surface area contributed by atoms with Gasteiger partial charge in [0.15, 0.2) is 5.25 Å². The van der Waals surface area contributed by atoms with Crippen LogP contribution in [-0.4, -0.2) is 50.8 Å². The molecule has 0 aliphatic carbocycles. The average molecular weight is 453 g/mol. The Balaban J connectivity index is 2.00. The van der Waals surface area contributed by atoms with Gasteiger partial charge in [0, 0.05) is 12.2 Å². The second-order valence-corrected chi connectivity index (χ2v) is 11.0. The lowest BCUT2D eigenvalue weighted by Crippen LogP contribution is -2.47. The molecule has 0 bridgehead atoms. The Morgan fingerprint density at radius 3 is 2.48 bits per heavy atom. The third-order valence-electron chi connectivity index (χ3n) is 6.78. The Bertz CT molecular complexity index is 809. The van der Waals surface area contributed by atoms with E-state index in [-0.39, 0.29) is 12.0 Å². The van der Waals surface area contributed by atoms with Crippen molar-refractivity contribution in [2.45, 2.75) is 77.4 Å². The zero-order chi connectivity index (χ0) is 23.1. The number of carbonyl (C=O) groups is 1. The predicted octanol–water partition coefficient (Wildman–Crippen LogP) is 4.56. The minimum absolute atomic E-state index is 0.0650. The first-order chi connectivity index (χ1) is 14.6. The van der Waals surface area contributed by atoms with E-state index in [0.717, 1.165) is 19.5 Å². The number of hydrogen-bond donors (Lipinski definition) is 1. The van der Waals surface area contributed by atoms with Gasteiger partial charge in [-0.3, -0.25) is 9.52 Å². The number of rotatable bonds is 11. The number of anilines is 1. The Morgan fingerprint density at radius 1 is 1.23 bits per heavy atom. The second-order valence-electron chi connectivity index (χ2n) is 9.05. The smallest absolute Gasteiger partial charge is 0.325 e. The van der Waals surface area contributed by atoms with Crippen molar-refractivity contribution in [2.75, 3.05) is 31.0 Å². The normalized spacial score (nSPS) is 23.3. The SMILES string of the molecule is CCCCCCN1CCC(C)(c2ccc(NS(=O)(=O)C(C)C(=O)OCC)cc2)C(C)C1. The van der Waals surface area contributed by atoms with Crippen molar-refractivity contribution in [1.29, 1.82) is 0 Å². The number of benzene rings is 1. The molecule has 7 heteroatoms. The van der Waals surface area contributed by atoms with Crippen molar-refractivity contribution < 1.29 is 17.9 Å². The molecule has 1 aromatic carbocycles. The van der Waals surface area contributed by atoms with E-state index in [2.05, 4.69) is 30.4 Å². The van der Waals surface area contributed by atoms with E-state index in [4.69, 9.17) is 4.74 Å². The van der Waals surface area contributed by atoms with Crippen molar-refractivity contribution in [2.24, 2.45) is 5.92 Å². The summed E-state index contributed by atoms with van der Waals surface area (Å²) in [5.74, 6) is -0.229. The van der Waals surface area contributed by atoms with Crippen LogP contribution in [0.2, 0.25) is 0 Å². The first-order valence-electron chi connectivity index (χ1n) is 11.6. The number of hydrogen-bond acceptors (Lipinski definition) is 5. The summed E-state index contributed by atoms with van der Waals surface area (Å²) in [4.78, 5) is 14.4. The molecule has 0 spiro atoms. The fourth-order valence-electron chi connectivity index (χ4n) is 4.27. The molecule has 0 saturated carbocycles. The van der Waals surface area contributed by atoms with Crippen LogP contribution in [-0.2, 0) is 25.0 Å². The summed E-state index contributed by atoms with van der Waals surface area (Å²) in [6.45, 7) is 13.4. The van der Waals surface area contributed by atoms with Gasteiger partial charge in [0.2, 0.25) is 10.0 Å². The summed E-state index contributed by atoms with van der Waals surface area (Å²) < 4.78 is 32.3. The number of esters is 1. The molecule has 1 aromatic rings. The summed E-state index contributed by atoms with van der Waals surface area (Å²) in [6, 6.07) is 7.61. The fraction of sp³-hybridized carbons (Fsp3) is 0.708. The van der Waals surface area contributed by atoms with Gasteiger partial charge in [0.25, 0.3) is 0 Å². The Morgan fingerprint density at radius 2 is 1.90 bits per heavy atom. The fourth-order valence-corrected chi connectivity index (χ4v) is 5.23. The van der Waals surface area contributed by atoms with E-state index >= 15 is 0 Å². The largest absolute Gasteiger partial charge is 0.465 e. The molecule has 0 radical (unpaired) electrons. The molecule has 0 aromatic heterocycles. The number of carbonyl (C=O) groups excluding carboxylic acids is 1. The summed E-state index contributed by atoms with van der Waals surface area (Å²) in [7, 11) is -3.85. The maximum absolute atomic E-state index is 12.5. The number of piperidine rings is 1. The maximum atomic E-state index is 12.5. The van der Waals surface area contributed by atoms with Crippen molar-refractivity contribution in [3.05, 3.63) is 29.8 Å². The molecule has 6 nitrogen and oxygen atoms in total.